The number of hydrogen-bond donors (Lipinski definition) is 1. The van der Waals surface area contributed by atoms with Crippen LogP contribution < -0.4 is 10.5 Å². The molecule has 0 unspecified atom stereocenters. The van der Waals surface area contributed by atoms with Crippen molar-refractivity contribution < 1.29 is 0 Å². The molecule has 152 valence electrons. The maximum Gasteiger partial charge on any atom is 0.260 e. The van der Waals surface area contributed by atoms with Crippen LogP contribution in [0.4, 0.5) is 5.95 Å². The summed E-state index contributed by atoms with van der Waals surface area (Å²) in [4.78, 5) is 34.4. The van der Waals surface area contributed by atoms with Crippen LogP contribution in [0.3, 0.4) is 0 Å². The third-order valence-corrected chi connectivity index (χ3v) is 6.44. The first-order valence-corrected chi connectivity index (χ1v) is 10.9. The molecule has 0 spiro atoms. The molecular weight excluding hydrogens is 420 g/mol. The molecule has 0 radical (unpaired) electrons. The third kappa shape index (κ3) is 3.69. The molecule has 0 saturated carbocycles. The van der Waals surface area contributed by atoms with Gasteiger partial charge in [0.2, 0.25) is 5.95 Å². The zero-order valence-electron chi connectivity index (χ0n) is 16.1. The van der Waals surface area contributed by atoms with Crippen LogP contribution >= 0.6 is 22.9 Å². The van der Waals surface area contributed by atoms with Gasteiger partial charge >= 0.3 is 0 Å². The third-order valence-electron chi connectivity index (χ3n) is 5.24. The fourth-order valence-electron chi connectivity index (χ4n) is 3.72. The molecular formula is C21H19ClN6OS. The second-order valence-corrected chi connectivity index (χ2v) is 8.40. The summed E-state index contributed by atoms with van der Waals surface area (Å²) < 4.78 is 0. The molecule has 4 heterocycles. The topological polar surface area (TPSA) is 78.0 Å². The minimum absolute atomic E-state index is 0.123. The lowest BCUT2D eigenvalue weighted by atomic mass is 10.1. The van der Waals surface area contributed by atoms with Crippen LogP contribution in [0.1, 0.15) is 5.82 Å². The Hall–Kier alpha value is -2.81. The van der Waals surface area contributed by atoms with Crippen molar-refractivity contribution in [3.05, 3.63) is 69.3 Å². The van der Waals surface area contributed by atoms with E-state index in [2.05, 4.69) is 24.8 Å². The Morgan fingerprint density at radius 3 is 2.57 bits per heavy atom. The number of fused-ring (bicyclic) bond motifs is 1. The second kappa shape index (κ2) is 8.14. The van der Waals surface area contributed by atoms with E-state index in [1.54, 1.807) is 12.4 Å². The van der Waals surface area contributed by atoms with Gasteiger partial charge < -0.3 is 9.88 Å². The van der Waals surface area contributed by atoms with E-state index in [4.69, 9.17) is 16.6 Å². The van der Waals surface area contributed by atoms with Gasteiger partial charge in [0.25, 0.3) is 5.56 Å². The summed E-state index contributed by atoms with van der Waals surface area (Å²) in [5.74, 6) is 1.44. The molecule has 3 aromatic heterocycles. The van der Waals surface area contributed by atoms with Crippen LogP contribution in [0.15, 0.2) is 52.9 Å². The van der Waals surface area contributed by atoms with Gasteiger partial charge in [-0.25, -0.2) is 15.0 Å². The fourth-order valence-corrected chi connectivity index (χ4v) is 4.91. The number of H-pyrrole nitrogens is 1. The van der Waals surface area contributed by atoms with Crippen LogP contribution in [0.2, 0.25) is 5.02 Å². The lowest BCUT2D eigenvalue weighted by Gasteiger charge is -2.34. The number of anilines is 1. The number of thiophene rings is 1. The number of aromatic amines is 1. The first-order valence-electron chi connectivity index (χ1n) is 9.68. The molecule has 1 N–H and O–H groups in total. The number of benzene rings is 1. The van der Waals surface area contributed by atoms with E-state index in [-0.39, 0.29) is 5.56 Å². The Bertz CT molecular complexity index is 1230. The highest BCUT2D eigenvalue weighted by Gasteiger charge is 2.20. The minimum atomic E-state index is -0.123. The van der Waals surface area contributed by atoms with Crippen molar-refractivity contribution in [2.24, 2.45) is 0 Å². The maximum absolute atomic E-state index is 12.9. The summed E-state index contributed by atoms with van der Waals surface area (Å²) in [5.41, 5.74) is 1.56. The maximum atomic E-state index is 12.9. The Morgan fingerprint density at radius 1 is 1.03 bits per heavy atom. The van der Waals surface area contributed by atoms with Gasteiger partial charge in [-0.2, -0.15) is 0 Å². The van der Waals surface area contributed by atoms with Gasteiger partial charge in [0.15, 0.2) is 0 Å². The SMILES string of the molecule is O=c1[nH]c(CN2CCN(c3ncccn3)CC2)nc2scc(-c3ccccc3Cl)c12. The van der Waals surface area contributed by atoms with E-state index in [1.807, 2.05) is 35.7 Å². The molecule has 30 heavy (non-hydrogen) atoms. The second-order valence-electron chi connectivity index (χ2n) is 7.13. The standard InChI is InChI=1S/C21H19ClN6OS/c22-16-5-2-1-4-14(16)15-13-30-20-18(15)19(29)25-17(26-20)12-27-8-10-28(11-9-27)21-23-6-3-7-24-21/h1-7,13H,8-12H2,(H,25,26,29). The molecule has 1 aliphatic heterocycles. The highest BCUT2D eigenvalue weighted by atomic mass is 35.5. The number of nitrogens with one attached hydrogen (secondary N) is 1. The van der Waals surface area contributed by atoms with Crippen molar-refractivity contribution in [3.63, 3.8) is 0 Å². The van der Waals surface area contributed by atoms with Gasteiger partial charge in [0, 0.05) is 60.1 Å². The Balaban J connectivity index is 1.34. The van der Waals surface area contributed by atoms with E-state index in [9.17, 15) is 4.79 Å². The van der Waals surface area contributed by atoms with E-state index < -0.39 is 0 Å². The molecule has 1 aromatic carbocycles. The number of hydrogen-bond acceptors (Lipinski definition) is 7. The van der Waals surface area contributed by atoms with Crippen molar-refractivity contribution in [3.8, 4) is 11.1 Å². The molecule has 1 aliphatic rings. The molecule has 0 amide bonds. The normalized spacial score (nSPS) is 15.0. The lowest BCUT2D eigenvalue weighted by Crippen LogP contribution is -2.46. The summed E-state index contributed by atoms with van der Waals surface area (Å²) in [6, 6.07) is 9.37. The number of nitrogens with zero attached hydrogens (tertiary/aromatic N) is 5. The Kier molecular flexibility index (Phi) is 5.20. The highest BCUT2D eigenvalue weighted by molar-refractivity contribution is 7.17. The van der Waals surface area contributed by atoms with Crippen LogP contribution in [0, 0.1) is 0 Å². The van der Waals surface area contributed by atoms with Gasteiger partial charge in [0.1, 0.15) is 10.7 Å². The zero-order chi connectivity index (χ0) is 20.5. The summed E-state index contributed by atoms with van der Waals surface area (Å²) >= 11 is 7.81. The fraction of sp³-hybridized carbons (Fsp3) is 0.238. The average Bonchev–Trinajstić information content (AvgIpc) is 3.20. The summed E-state index contributed by atoms with van der Waals surface area (Å²) in [5, 5.41) is 3.18. The van der Waals surface area contributed by atoms with Crippen molar-refractivity contribution in [2.75, 3.05) is 31.1 Å². The van der Waals surface area contributed by atoms with E-state index in [0.717, 1.165) is 48.1 Å². The largest absolute Gasteiger partial charge is 0.338 e. The van der Waals surface area contributed by atoms with Gasteiger partial charge in [-0.3, -0.25) is 9.69 Å². The number of aromatic nitrogens is 4. The van der Waals surface area contributed by atoms with Crippen molar-refractivity contribution in [1.82, 2.24) is 24.8 Å². The first kappa shape index (κ1) is 19.2. The van der Waals surface area contributed by atoms with Crippen molar-refractivity contribution in [1.29, 1.82) is 0 Å². The molecule has 0 aliphatic carbocycles. The minimum Gasteiger partial charge on any atom is -0.338 e. The molecule has 0 atom stereocenters. The van der Waals surface area contributed by atoms with Crippen LogP contribution in [0.5, 0.6) is 0 Å². The average molecular weight is 439 g/mol. The monoisotopic (exact) mass is 438 g/mol. The molecule has 9 heteroatoms. The zero-order valence-corrected chi connectivity index (χ0v) is 17.7. The summed E-state index contributed by atoms with van der Waals surface area (Å²) in [6.45, 7) is 4.00. The molecule has 1 saturated heterocycles. The van der Waals surface area contributed by atoms with Gasteiger partial charge in [-0.05, 0) is 12.1 Å². The molecule has 5 rings (SSSR count). The van der Waals surface area contributed by atoms with E-state index in [1.165, 1.54) is 11.3 Å². The molecule has 7 nitrogen and oxygen atoms in total. The summed E-state index contributed by atoms with van der Waals surface area (Å²) in [7, 11) is 0. The van der Waals surface area contributed by atoms with Gasteiger partial charge in [-0.1, -0.05) is 29.8 Å². The lowest BCUT2D eigenvalue weighted by molar-refractivity contribution is 0.243. The van der Waals surface area contributed by atoms with Gasteiger partial charge in [-0.15, -0.1) is 11.3 Å². The first-order chi connectivity index (χ1) is 14.7. The van der Waals surface area contributed by atoms with Crippen molar-refractivity contribution >= 4 is 39.1 Å². The Labute approximate surface area is 182 Å². The van der Waals surface area contributed by atoms with Gasteiger partial charge in [0.05, 0.1) is 11.9 Å². The van der Waals surface area contributed by atoms with Crippen LogP contribution in [-0.4, -0.2) is 51.0 Å². The quantitative estimate of drug-likeness (QED) is 0.526. The number of rotatable bonds is 4. The summed E-state index contributed by atoms with van der Waals surface area (Å²) in [6.07, 6.45) is 3.52. The predicted molar refractivity (Wildman–Crippen MR) is 120 cm³/mol. The number of piperazine rings is 1. The van der Waals surface area contributed by atoms with E-state index in [0.29, 0.717) is 22.8 Å². The van der Waals surface area contributed by atoms with E-state index >= 15 is 0 Å². The predicted octanol–water partition coefficient (Wildman–Crippen LogP) is 3.42. The van der Waals surface area contributed by atoms with Crippen molar-refractivity contribution in [2.45, 2.75) is 6.54 Å². The Morgan fingerprint density at radius 2 is 1.80 bits per heavy atom. The smallest absolute Gasteiger partial charge is 0.260 e. The number of halogens is 1. The molecule has 4 aromatic rings. The highest BCUT2D eigenvalue weighted by Crippen LogP contribution is 2.34. The molecule has 0 bridgehead atoms. The van der Waals surface area contributed by atoms with Crippen LogP contribution in [-0.2, 0) is 6.54 Å². The molecule has 1 fully saturated rings. The van der Waals surface area contributed by atoms with Crippen LogP contribution in [0.25, 0.3) is 21.3 Å².